The Balaban J connectivity index is 1.85. The molecule has 0 fully saturated rings. The third-order valence-corrected chi connectivity index (χ3v) is 3.62. The quantitative estimate of drug-likeness (QED) is 0.660. The van der Waals surface area contributed by atoms with Crippen LogP contribution >= 0.6 is 0 Å². The molecule has 1 aliphatic heterocycles. The molecule has 22 heavy (non-hydrogen) atoms. The number of benzene rings is 2. The molecule has 0 aromatic heterocycles. The van der Waals surface area contributed by atoms with Crippen molar-refractivity contribution >= 4 is 12.1 Å². The molecule has 3 rings (SSSR count). The number of rotatable bonds is 2. The van der Waals surface area contributed by atoms with E-state index in [4.69, 9.17) is 4.99 Å². The summed E-state index contributed by atoms with van der Waals surface area (Å²) in [5, 5.41) is 14.0. The SMILES string of the molecule is CC1(C)Cc2ccccc2C(N/N=C\c2ccccc2O)=N1. The first kappa shape index (κ1) is 14.3. The van der Waals surface area contributed by atoms with Crippen LogP contribution in [0.3, 0.4) is 0 Å². The van der Waals surface area contributed by atoms with E-state index in [2.05, 4.69) is 30.4 Å². The van der Waals surface area contributed by atoms with Gasteiger partial charge in [0, 0.05) is 11.1 Å². The summed E-state index contributed by atoms with van der Waals surface area (Å²) in [4.78, 5) is 4.74. The van der Waals surface area contributed by atoms with Crippen molar-refractivity contribution in [2.45, 2.75) is 25.8 Å². The maximum Gasteiger partial charge on any atom is 0.149 e. The third-order valence-electron chi connectivity index (χ3n) is 3.62. The van der Waals surface area contributed by atoms with Crippen molar-refractivity contribution in [1.82, 2.24) is 5.43 Å². The fourth-order valence-corrected chi connectivity index (χ4v) is 2.62. The van der Waals surface area contributed by atoms with Gasteiger partial charge >= 0.3 is 0 Å². The van der Waals surface area contributed by atoms with Crippen LogP contribution in [0, 0.1) is 0 Å². The maximum absolute atomic E-state index is 9.74. The summed E-state index contributed by atoms with van der Waals surface area (Å²) in [5.41, 5.74) is 5.88. The maximum atomic E-state index is 9.74. The van der Waals surface area contributed by atoms with Gasteiger partial charge in [0.25, 0.3) is 0 Å². The minimum absolute atomic E-state index is 0.152. The highest BCUT2D eigenvalue weighted by atomic mass is 16.3. The molecule has 2 N–H and O–H groups in total. The molecule has 0 amide bonds. The second kappa shape index (κ2) is 5.64. The molecular formula is C18H19N3O. The average molecular weight is 293 g/mol. The second-order valence-corrected chi connectivity index (χ2v) is 6.04. The number of amidine groups is 1. The number of hydrogen-bond acceptors (Lipinski definition) is 4. The summed E-state index contributed by atoms with van der Waals surface area (Å²) in [6, 6.07) is 15.3. The number of hydrazone groups is 1. The molecule has 1 heterocycles. The van der Waals surface area contributed by atoms with Crippen LogP contribution in [0.2, 0.25) is 0 Å². The molecule has 1 aliphatic rings. The number of phenolic OH excluding ortho intramolecular Hbond substituents is 1. The minimum Gasteiger partial charge on any atom is -0.507 e. The van der Waals surface area contributed by atoms with Gasteiger partial charge in [-0.2, -0.15) is 5.10 Å². The molecular weight excluding hydrogens is 274 g/mol. The first-order valence-corrected chi connectivity index (χ1v) is 7.30. The molecule has 0 radical (unpaired) electrons. The van der Waals surface area contributed by atoms with E-state index in [0.29, 0.717) is 5.56 Å². The summed E-state index contributed by atoms with van der Waals surface area (Å²) in [6.07, 6.45) is 2.51. The topological polar surface area (TPSA) is 57.0 Å². The van der Waals surface area contributed by atoms with Crippen LogP contribution in [0.4, 0.5) is 0 Å². The first-order valence-electron chi connectivity index (χ1n) is 7.30. The van der Waals surface area contributed by atoms with E-state index in [0.717, 1.165) is 17.8 Å². The highest BCUT2D eigenvalue weighted by Gasteiger charge is 2.26. The Morgan fingerprint density at radius 1 is 1.14 bits per heavy atom. The van der Waals surface area contributed by atoms with Gasteiger partial charge < -0.3 is 5.11 Å². The largest absolute Gasteiger partial charge is 0.507 e. The van der Waals surface area contributed by atoms with Crippen molar-refractivity contribution < 1.29 is 5.11 Å². The number of nitrogens with zero attached hydrogens (tertiary/aromatic N) is 2. The minimum atomic E-state index is -0.152. The van der Waals surface area contributed by atoms with Gasteiger partial charge in [-0.15, -0.1) is 0 Å². The Kier molecular flexibility index (Phi) is 3.67. The van der Waals surface area contributed by atoms with E-state index in [9.17, 15) is 5.11 Å². The van der Waals surface area contributed by atoms with Crippen molar-refractivity contribution in [3.8, 4) is 5.75 Å². The Morgan fingerprint density at radius 2 is 1.86 bits per heavy atom. The Hall–Kier alpha value is -2.62. The Labute approximate surface area is 130 Å². The van der Waals surface area contributed by atoms with Crippen LogP contribution < -0.4 is 5.43 Å². The van der Waals surface area contributed by atoms with Gasteiger partial charge in [-0.25, -0.2) is 0 Å². The number of phenols is 1. The molecule has 0 spiro atoms. The molecule has 2 aromatic rings. The lowest BCUT2D eigenvalue weighted by molar-refractivity contribution is 0.474. The van der Waals surface area contributed by atoms with Crippen molar-refractivity contribution in [3.63, 3.8) is 0 Å². The number of hydrogen-bond donors (Lipinski definition) is 2. The molecule has 4 heteroatoms. The first-order chi connectivity index (χ1) is 10.6. The molecule has 0 unspecified atom stereocenters. The van der Waals surface area contributed by atoms with Crippen LogP contribution in [0.5, 0.6) is 5.75 Å². The molecule has 112 valence electrons. The third kappa shape index (κ3) is 3.01. The van der Waals surface area contributed by atoms with Gasteiger partial charge in [0.2, 0.25) is 0 Å². The van der Waals surface area contributed by atoms with Crippen LogP contribution in [-0.2, 0) is 6.42 Å². The van der Waals surface area contributed by atoms with Crippen LogP contribution in [0.15, 0.2) is 58.6 Å². The Bertz CT molecular complexity index is 748. The molecule has 4 nitrogen and oxygen atoms in total. The highest BCUT2D eigenvalue weighted by Crippen LogP contribution is 2.25. The zero-order valence-corrected chi connectivity index (χ0v) is 12.7. The van der Waals surface area contributed by atoms with E-state index in [1.54, 1.807) is 24.4 Å². The fourth-order valence-electron chi connectivity index (χ4n) is 2.62. The van der Waals surface area contributed by atoms with Crippen molar-refractivity contribution in [2.24, 2.45) is 10.1 Å². The summed E-state index contributed by atoms with van der Waals surface area (Å²) in [7, 11) is 0. The van der Waals surface area contributed by atoms with E-state index < -0.39 is 0 Å². The lowest BCUT2D eigenvalue weighted by atomic mass is 9.89. The summed E-state index contributed by atoms with van der Waals surface area (Å²) in [6.45, 7) is 4.22. The fraction of sp³-hybridized carbons (Fsp3) is 0.222. The highest BCUT2D eigenvalue weighted by molar-refractivity contribution is 6.01. The smallest absolute Gasteiger partial charge is 0.149 e. The summed E-state index contributed by atoms with van der Waals surface area (Å²) in [5.74, 6) is 0.970. The van der Waals surface area contributed by atoms with Gasteiger partial charge in [-0.3, -0.25) is 10.4 Å². The summed E-state index contributed by atoms with van der Waals surface area (Å²) >= 11 is 0. The normalized spacial score (nSPS) is 16.2. The number of aliphatic imine (C=N–C) groups is 1. The Morgan fingerprint density at radius 3 is 2.68 bits per heavy atom. The standard InChI is InChI=1S/C18H19N3O/c1-18(2)11-13-7-3-5-9-15(13)17(20-18)21-19-12-14-8-4-6-10-16(14)22/h3-10,12,22H,11H2,1-2H3,(H,20,21)/b19-12-. The van der Waals surface area contributed by atoms with Crippen LogP contribution in [0.1, 0.15) is 30.5 Å². The molecule has 0 saturated heterocycles. The summed E-state index contributed by atoms with van der Waals surface area (Å²) < 4.78 is 0. The lowest BCUT2D eigenvalue weighted by Crippen LogP contribution is -2.34. The number of nitrogens with one attached hydrogen (secondary N) is 1. The second-order valence-electron chi connectivity index (χ2n) is 6.04. The van der Waals surface area contributed by atoms with E-state index in [1.807, 2.05) is 24.3 Å². The van der Waals surface area contributed by atoms with Crippen LogP contribution in [0.25, 0.3) is 0 Å². The number of fused-ring (bicyclic) bond motifs is 1. The predicted molar refractivity (Wildman–Crippen MR) is 89.6 cm³/mol. The van der Waals surface area contributed by atoms with Gasteiger partial charge in [-0.05, 0) is 38.0 Å². The molecule has 0 aliphatic carbocycles. The van der Waals surface area contributed by atoms with Gasteiger partial charge in [0.15, 0.2) is 0 Å². The average Bonchev–Trinajstić information content (AvgIpc) is 2.48. The number of aromatic hydroxyl groups is 1. The molecule has 2 aromatic carbocycles. The monoisotopic (exact) mass is 293 g/mol. The molecule has 0 atom stereocenters. The predicted octanol–water partition coefficient (Wildman–Crippen LogP) is 3.10. The van der Waals surface area contributed by atoms with Crippen molar-refractivity contribution in [3.05, 3.63) is 65.2 Å². The van der Waals surface area contributed by atoms with E-state index in [-0.39, 0.29) is 11.3 Å². The van der Waals surface area contributed by atoms with E-state index in [1.165, 1.54) is 5.56 Å². The van der Waals surface area contributed by atoms with Crippen molar-refractivity contribution in [2.75, 3.05) is 0 Å². The van der Waals surface area contributed by atoms with Crippen molar-refractivity contribution in [1.29, 1.82) is 0 Å². The number of para-hydroxylation sites is 1. The zero-order chi connectivity index (χ0) is 15.6. The van der Waals surface area contributed by atoms with Gasteiger partial charge in [-0.1, -0.05) is 36.4 Å². The van der Waals surface area contributed by atoms with Gasteiger partial charge in [0.05, 0.1) is 11.8 Å². The zero-order valence-electron chi connectivity index (χ0n) is 12.7. The lowest BCUT2D eigenvalue weighted by Gasteiger charge is -2.28. The van der Waals surface area contributed by atoms with Gasteiger partial charge in [0.1, 0.15) is 11.6 Å². The van der Waals surface area contributed by atoms with Crippen LogP contribution in [-0.4, -0.2) is 22.7 Å². The molecule has 0 saturated carbocycles. The van der Waals surface area contributed by atoms with E-state index >= 15 is 0 Å². The molecule has 0 bridgehead atoms.